The lowest BCUT2D eigenvalue weighted by Crippen LogP contribution is -2.39. The first-order valence-corrected chi connectivity index (χ1v) is 8.58. The van der Waals surface area contributed by atoms with Crippen molar-refractivity contribution in [3.05, 3.63) is 20.8 Å². The van der Waals surface area contributed by atoms with Crippen LogP contribution in [-0.2, 0) is 6.54 Å². The third kappa shape index (κ3) is 7.45. The Morgan fingerprint density at radius 3 is 2.63 bits per heavy atom. The number of hydrogen-bond acceptors (Lipinski definition) is 3. The van der Waals surface area contributed by atoms with Gasteiger partial charge in [0.15, 0.2) is 0 Å². The van der Waals surface area contributed by atoms with Crippen molar-refractivity contribution in [2.24, 2.45) is 11.3 Å². The first kappa shape index (κ1) is 17.2. The van der Waals surface area contributed by atoms with E-state index in [1.165, 1.54) is 9.35 Å². The van der Waals surface area contributed by atoms with Crippen LogP contribution in [0.4, 0.5) is 0 Å². The molecule has 0 aromatic carbocycles. The highest BCUT2D eigenvalue weighted by Crippen LogP contribution is 2.23. The fourth-order valence-corrected chi connectivity index (χ4v) is 3.48. The molecular weight excluding hydrogens is 320 g/mol. The van der Waals surface area contributed by atoms with Crippen LogP contribution in [0.3, 0.4) is 0 Å². The van der Waals surface area contributed by atoms with E-state index in [9.17, 15) is 0 Å². The molecule has 1 heterocycles. The summed E-state index contributed by atoms with van der Waals surface area (Å²) in [5, 5.41) is 5.79. The van der Waals surface area contributed by atoms with E-state index in [0.29, 0.717) is 5.41 Å². The highest BCUT2D eigenvalue weighted by molar-refractivity contribution is 9.11. The normalized spacial score (nSPS) is 12.6. The van der Waals surface area contributed by atoms with Crippen LogP contribution in [0.2, 0.25) is 0 Å². The van der Waals surface area contributed by atoms with Gasteiger partial charge < -0.3 is 10.2 Å². The highest BCUT2D eigenvalue weighted by atomic mass is 79.9. The SMILES string of the molecule is CC(C)CNCC(C)(C)CN(C)Cc1csc(Br)c1. The van der Waals surface area contributed by atoms with E-state index in [4.69, 9.17) is 0 Å². The molecule has 0 saturated heterocycles. The van der Waals surface area contributed by atoms with Crippen molar-refractivity contribution >= 4 is 27.3 Å². The fourth-order valence-electron chi connectivity index (χ4n) is 2.28. The zero-order chi connectivity index (χ0) is 14.5. The molecule has 0 radical (unpaired) electrons. The zero-order valence-electron chi connectivity index (χ0n) is 12.8. The summed E-state index contributed by atoms with van der Waals surface area (Å²) >= 11 is 5.28. The minimum atomic E-state index is 0.302. The minimum absolute atomic E-state index is 0.302. The van der Waals surface area contributed by atoms with Crippen molar-refractivity contribution in [3.8, 4) is 0 Å². The lowest BCUT2D eigenvalue weighted by Gasteiger charge is -2.30. The van der Waals surface area contributed by atoms with Crippen molar-refractivity contribution in [1.82, 2.24) is 10.2 Å². The molecule has 1 rings (SSSR count). The van der Waals surface area contributed by atoms with Crippen LogP contribution in [-0.4, -0.2) is 31.6 Å². The van der Waals surface area contributed by atoms with Gasteiger partial charge in [-0.15, -0.1) is 11.3 Å². The molecule has 1 aromatic heterocycles. The molecular formula is C15H27BrN2S. The standard InChI is InChI=1S/C15H27BrN2S/c1-12(2)7-17-10-15(3,4)11-18(5)8-13-6-14(16)19-9-13/h6,9,12,17H,7-8,10-11H2,1-5H3. The fraction of sp³-hybridized carbons (Fsp3) is 0.733. The van der Waals surface area contributed by atoms with Gasteiger partial charge in [-0.1, -0.05) is 27.7 Å². The molecule has 4 heteroatoms. The average Bonchev–Trinajstić information content (AvgIpc) is 2.61. The molecule has 1 aromatic rings. The monoisotopic (exact) mass is 346 g/mol. The second-order valence-corrected chi connectivity index (χ2v) is 8.91. The summed E-state index contributed by atoms with van der Waals surface area (Å²) in [7, 11) is 2.20. The van der Waals surface area contributed by atoms with Crippen LogP contribution in [0.15, 0.2) is 15.2 Å². The van der Waals surface area contributed by atoms with Gasteiger partial charge in [-0.25, -0.2) is 0 Å². The van der Waals surface area contributed by atoms with Crippen molar-refractivity contribution in [2.45, 2.75) is 34.2 Å². The van der Waals surface area contributed by atoms with E-state index in [2.05, 4.69) is 72.3 Å². The highest BCUT2D eigenvalue weighted by Gasteiger charge is 2.20. The lowest BCUT2D eigenvalue weighted by atomic mass is 9.92. The number of rotatable bonds is 8. The molecule has 0 aliphatic rings. The number of hydrogen-bond donors (Lipinski definition) is 1. The van der Waals surface area contributed by atoms with Crippen LogP contribution in [0.5, 0.6) is 0 Å². The van der Waals surface area contributed by atoms with E-state index in [-0.39, 0.29) is 0 Å². The van der Waals surface area contributed by atoms with Crippen LogP contribution in [0, 0.1) is 11.3 Å². The first-order chi connectivity index (χ1) is 8.78. The van der Waals surface area contributed by atoms with Crippen LogP contribution in [0.1, 0.15) is 33.3 Å². The Balaban J connectivity index is 2.35. The molecule has 0 atom stereocenters. The average molecular weight is 347 g/mol. The largest absolute Gasteiger partial charge is 0.316 e. The Morgan fingerprint density at radius 1 is 1.42 bits per heavy atom. The molecule has 0 bridgehead atoms. The first-order valence-electron chi connectivity index (χ1n) is 6.91. The summed E-state index contributed by atoms with van der Waals surface area (Å²) in [6.45, 7) is 13.5. The molecule has 0 saturated carbocycles. The Labute approximate surface area is 130 Å². The Hall–Kier alpha value is 0.100. The van der Waals surface area contributed by atoms with E-state index < -0.39 is 0 Å². The summed E-state index contributed by atoms with van der Waals surface area (Å²) in [6.07, 6.45) is 0. The number of thiophene rings is 1. The Morgan fingerprint density at radius 2 is 2.11 bits per heavy atom. The summed E-state index contributed by atoms with van der Waals surface area (Å²) in [4.78, 5) is 2.41. The van der Waals surface area contributed by atoms with Gasteiger partial charge in [0.05, 0.1) is 3.79 Å². The molecule has 0 aliphatic carbocycles. The van der Waals surface area contributed by atoms with Gasteiger partial charge in [-0.05, 0) is 57.9 Å². The maximum atomic E-state index is 3.57. The summed E-state index contributed by atoms with van der Waals surface area (Å²) < 4.78 is 1.22. The van der Waals surface area contributed by atoms with Gasteiger partial charge >= 0.3 is 0 Å². The van der Waals surface area contributed by atoms with E-state index in [1.54, 1.807) is 11.3 Å². The van der Waals surface area contributed by atoms with Crippen molar-refractivity contribution in [1.29, 1.82) is 0 Å². The van der Waals surface area contributed by atoms with Crippen LogP contribution < -0.4 is 5.32 Å². The summed E-state index contributed by atoms with van der Waals surface area (Å²) in [5.41, 5.74) is 1.70. The minimum Gasteiger partial charge on any atom is -0.316 e. The third-order valence-corrected chi connectivity index (χ3v) is 4.48. The molecule has 0 fully saturated rings. The molecule has 0 spiro atoms. The summed E-state index contributed by atoms with van der Waals surface area (Å²) in [6, 6.07) is 2.21. The predicted molar refractivity (Wildman–Crippen MR) is 89.8 cm³/mol. The maximum absolute atomic E-state index is 3.57. The van der Waals surface area contributed by atoms with Crippen LogP contribution in [0.25, 0.3) is 0 Å². The Kier molecular flexibility index (Phi) is 7.01. The van der Waals surface area contributed by atoms with Crippen molar-refractivity contribution in [2.75, 3.05) is 26.7 Å². The lowest BCUT2D eigenvalue weighted by molar-refractivity contribution is 0.197. The molecule has 0 amide bonds. The van der Waals surface area contributed by atoms with E-state index in [0.717, 1.165) is 32.1 Å². The van der Waals surface area contributed by atoms with Crippen molar-refractivity contribution in [3.63, 3.8) is 0 Å². The third-order valence-electron chi connectivity index (χ3n) is 2.93. The Bertz CT molecular complexity index is 374. The molecule has 110 valence electrons. The smallest absolute Gasteiger partial charge is 0.0701 e. The number of nitrogens with zero attached hydrogens (tertiary/aromatic N) is 1. The van der Waals surface area contributed by atoms with Crippen molar-refractivity contribution < 1.29 is 0 Å². The van der Waals surface area contributed by atoms with E-state index >= 15 is 0 Å². The van der Waals surface area contributed by atoms with Crippen LogP contribution >= 0.6 is 27.3 Å². The predicted octanol–water partition coefficient (Wildman–Crippen LogP) is 4.21. The van der Waals surface area contributed by atoms with Gasteiger partial charge in [0.2, 0.25) is 0 Å². The topological polar surface area (TPSA) is 15.3 Å². The van der Waals surface area contributed by atoms with Gasteiger partial charge in [0.25, 0.3) is 0 Å². The summed E-state index contributed by atoms with van der Waals surface area (Å²) in [5.74, 6) is 0.719. The number of nitrogens with one attached hydrogen (secondary N) is 1. The van der Waals surface area contributed by atoms with Gasteiger partial charge in [-0.2, -0.15) is 0 Å². The second kappa shape index (κ2) is 7.77. The van der Waals surface area contributed by atoms with E-state index in [1.807, 2.05) is 0 Å². The maximum Gasteiger partial charge on any atom is 0.0701 e. The quantitative estimate of drug-likeness (QED) is 0.758. The second-order valence-electron chi connectivity index (χ2n) is 6.62. The molecule has 0 aliphatic heterocycles. The molecule has 0 unspecified atom stereocenters. The molecule has 2 nitrogen and oxygen atoms in total. The van der Waals surface area contributed by atoms with Gasteiger partial charge in [-0.3, -0.25) is 0 Å². The van der Waals surface area contributed by atoms with Gasteiger partial charge in [0, 0.05) is 19.6 Å². The van der Waals surface area contributed by atoms with Gasteiger partial charge in [0.1, 0.15) is 0 Å². The molecule has 1 N–H and O–H groups in total. The molecule has 19 heavy (non-hydrogen) atoms. The zero-order valence-corrected chi connectivity index (χ0v) is 15.2. The number of halogens is 1.